The molecule has 1 heterocycles. The number of hydrogen-bond acceptors (Lipinski definition) is 4. The van der Waals surface area contributed by atoms with E-state index in [4.69, 9.17) is 5.11 Å². The standard InChI is InChI=1S/C9H9F2NO4/c1-15-5-3-4(9(13)14)8(16-2)12-6(5)7(10)11/h3,7H,1-2H3,(H,13,14). The maximum atomic E-state index is 12.5. The Balaban J connectivity index is 3.40. The van der Waals surface area contributed by atoms with Crippen LogP contribution in [-0.4, -0.2) is 30.3 Å². The van der Waals surface area contributed by atoms with E-state index < -0.39 is 18.1 Å². The summed E-state index contributed by atoms with van der Waals surface area (Å²) in [6.07, 6.45) is -2.87. The summed E-state index contributed by atoms with van der Waals surface area (Å²) in [6, 6.07) is 0.954. The van der Waals surface area contributed by atoms with E-state index in [1.54, 1.807) is 0 Å². The molecule has 5 nitrogen and oxygen atoms in total. The van der Waals surface area contributed by atoms with Gasteiger partial charge in [-0.1, -0.05) is 0 Å². The largest absolute Gasteiger partial charge is 0.495 e. The summed E-state index contributed by atoms with van der Waals surface area (Å²) in [7, 11) is 2.30. The Morgan fingerprint density at radius 2 is 2.06 bits per heavy atom. The predicted molar refractivity (Wildman–Crippen MR) is 49.3 cm³/mol. The summed E-state index contributed by atoms with van der Waals surface area (Å²) < 4.78 is 34.3. The molecule has 0 aliphatic carbocycles. The van der Waals surface area contributed by atoms with E-state index in [2.05, 4.69) is 14.5 Å². The van der Waals surface area contributed by atoms with Crippen LogP contribution in [0.25, 0.3) is 0 Å². The van der Waals surface area contributed by atoms with Crippen LogP contribution in [0.1, 0.15) is 22.5 Å². The lowest BCUT2D eigenvalue weighted by Gasteiger charge is -2.10. The van der Waals surface area contributed by atoms with Crippen molar-refractivity contribution in [2.75, 3.05) is 14.2 Å². The first-order valence-electron chi connectivity index (χ1n) is 4.15. The second kappa shape index (κ2) is 4.73. The predicted octanol–water partition coefficient (Wildman–Crippen LogP) is 1.73. The molecule has 0 amide bonds. The molecule has 0 spiro atoms. The summed E-state index contributed by atoms with van der Waals surface area (Å²) in [5.74, 6) is -1.99. The molecular weight excluding hydrogens is 224 g/mol. The van der Waals surface area contributed by atoms with Crippen LogP contribution in [0, 0.1) is 0 Å². The maximum absolute atomic E-state index is 12.5. The van der Waals surface area contributed by atoms with Gasteiger partial charge in [0.05, 0.1) is 14.2 Å². The minimum atomic E-state index is -2.87. The minimum absolute atomic E-state index is 0.284. The number of ether oxygens (including phenoxy) is 2. The quantitative estimate of drug-likeness (QED) is 0.857. The number of carbonyl (C=O) groups is 1. The van der Waals surface area contributed by atoms with Gasteiger partial charge in [0.1, 0.15) is 11.3 Å². The first-order chi connectivity index (χ1) is 7.51. The highest BCUT2D eigenvalue weighted by Crippen LogP contribution is 2.31. The summed E-state index contributed by atoms with van der Waals surface area (Å²) >= 11 is 0. The lowest BCUT2D eigenvalue weighted by Crippen LogP contribution is -2.06. The highest BCUT2D eigenvalue weighted by Gasteiger charge is 2.22. The van der Waals surface area contributed by atoms with E-state index in [9.17, 15) is 13.6 Å². The molecule has 0 unspecified atom stereocenters. The third-order valence-electron chi connectivity index (χ3n) is 1.83. The molecule has 1 aromatic rings. The highest BCUT2D eigenvalue weighted by molar-refractivity contribution is 5.90. The van der Waals surface area contributed by atoms with Gasteiger partial charge in [0, 0.05) is 6.07 Å². The second-order valence-corrected chi connectivity index (χ2v) is 2.74. The van der Waals surface area contributed by atoms with Crippen molar-refractivity contribution in [3.8, 4) is 11.6 Å². The van der Waals surface area contributed by atoms with Gasteiger partial charge in [-0.15, -0.1) is 0 Å². The number of hydrogen-bond donors (Lipinski definition) is 1. The zero-order chi connectivity index (χ0) is 12.3. The number of carboxylic acids is 1. The molecule has 0 radical (unpaired) electrons. The Morgan fingerprint density at radius 3 is 2.44 bits per heavy atom. The van der Waals surface area contributed by atoms with Crippen LogP contribution in [0.3, 0.4) is 0 Å². The Kier molecular flexibility index (Phi) is 3.60. The molecule has 7 heteroatoms. The normalized spacial score (nSPS) is 10.3. The van der Waals surface area contributed by atoms with Gasteiger partial charge >= 0.3 is 5.97 Å². The Morgan fingerprint density at radius 1 is 1.44 bits per heavy atom. The van der Waals surface area contributed by atoms with Crippen LogP contribution in [0.15, 0.2) is 6.07 Å². The molecule has 1 rings (SSSR count). The van der Waals surface area contributed by atoms with Gasteiger partial charge in [-0.25, -0.2) is 18.6 Å². The third-order valence-corrected chi connectivity index (χ3v) is 1.83. The summed E-state index contributed by atoms with van der Waals surface area (Å²) in [5.41, 5.74) is -0.979. The van der Waals surface area contributed by atoms with E-state index in [1.807, 2.05) is 0 Å². The number of carboxylic acid groups (broad SMARTS) is 1. The molecule has 16 heavy (non-hydrogen) atoms. The summed E-state index contributed by atoms with van der Waals surface area (Å²) in [4.78, 5) is 14.2. The molecule has 0 saturated carbocycles. The molecule has 88 valence electrons. The van der Waals surface area contributed by atoms with E-state index in [0.29, 0.717) is 0 Å². The molecule has 0 atom stereocenters. The average molecular weight is 233 g/mol. The molecule has 0 aliphatic heterocycles. The van der Waals surface area contributed by atoms with Gasteiger partial charge in [0.15, 0.2) is 5.69 Å². The number of nitrogens with zero attached hydrogens (tertiary/aromatic N) is 1. The lowest BCUT2D eigenvalue weighted by molar-refractivity contribution is 0.0690. The summed E-state index contributed by atoms with van der Waals surface area (Å²) in [6.45, 7) is 0. The fraction of sp³-hybridized carbons (Fsp3) is 0.333. The van der Waals surface area contributed by atoms with Gasteiger partial charge in [-0.05, 0) is 0 Å². The number of pyridine rings is 1. The fourth-order valence-corrected chi connectivity index (χ4v) is 1.12. The molecule has 1 N–H and O–H groups in total. The number of halogens is 2. The van der Waals surface area contributed by atoms with Crippen LogP contribution >= 0.6 is 0 Å². The average Bonchev–Trinajstić information content (AvgIpc) is 2.26. The van der Waals surface area contributed by atoms with E-state index in [1.165, 1.54) is 0 Å². The van der Waals surface area contributed by atoms with E-state index in [0.717, 1.165) is 20.3 Å². The number of rotatable bonds is 4. The molecule has 0 bridgehead atoms. The molecule has 1 aromatic heterocycles. The molecule has 0 saturated heterocycles. The van der Waals surface area contributed by atoms with Crippen molar-refractivity contribution in [2.24, 2.45) is 0 Å². The monoisotopic (exact) mass is 233 g/mol. The second-order valence-electron chi connectivity index (χ2n) is 2.74. The van der Waals surface area contributed by atoms with Crippen molar-refractivity contribution in [2.45, 2.75) is 6.43 Å². The zero-order valence-electron chi connectivity index (χ0n) is 8.53. The lowest BCUT2D eigenvalue weighted by atomic mass is 10.2. The Bertz CT molecular complexity index is 409. The number of methoxy groups -OCH3 is 2. The van der Waals surface area contributed by atoms with Crippen molar-refractivity contribution in [3.63, 3.8) is 0 Å². The van der Waals surface area contributed by atoms with Crippen LogP contribution in [-0.2, 0) is 0 Å². The van der Waals surface area contributed by atoms with Crippen LogP contribution in [0.4, 0.5) is 8.78 Å². The Hall–Kier alpha value is -1.92. The van der Waals surface area contributed by atoms with Gasteiger partial charge in [0.25, 0.3) is 6.43 Å². The first kappa shape index (κ1) is 12.2. The van der Waals surface area contributed by atoms with Crippen molar-refractivity contribution in [1.82, 2.24) is 4.98 Å². The maximum Gasteiger partial charge on any atom is 0.341 e. The van der Waals surface area contributed by atoms with Crippen LogP contribution < -0.4 is 9.47 Å². The third kappa shape index (κ3) is 2.18. The fourth-order valence-electron chi connectivity index (χ4n) is 1.12. The van der Waals surface area contributed by atoms with Crippen molar-refractivity contribution in [3.05, 3.63) is 17.3 Å². The zero-order valence-corrected chi connectivity index (χ0v) is 8.53. The smallest absolute Gasteiger partial charge is 0.341 e. The molecule has 0 aromatic carbocycles. The Labute approximate surface area is 89.6 Å². The van der Waals surface area contributed by atoms with Gasteiger partial charge in [-0.3, -0.25) is 0 Å². The van der Waals surface area contributed by atoms with Gasteiger partial charge < -0.3 is 14.6 Å². The molecule has 0 aliphatic rings. The van der Waals surface area contributed by atoms with Crippen molar-refractivity contribution in [1.29, 1.82) is 0 Å². The van der Waals surface area contributed by atoms with Crippen LogP contribution in [0.2, 0.25) is 0 Å². The SMILES string of the molecule is COc1cc(C(=O)O)c(OC)nc1C(F)F. The van der Waals surface area contributed by atoms with E-state index in [-0.39, 0.29) is 17.2 Å². The van der Waals surface area contributed by atoms with E-state index >= 15 is 0 Å². The van der Waals surface area contributed by atoms with Gasteiger partial charge in [-0.2, -0.15) is 0 Å². The van der Waals surface area contributed by atoms with Crippen molar-refractivity contribution >= 4 is 5.97 Å². The topological polar surface area (TPSA) is 68.7 Å². The molecule has 0 fully saturated rings. The minimum Gasteiger partial charge on any atom is -0.495 e. The number of alkyl halides is 2. The van der Waals surface area contributed by atoms with Crippen molar-refractivity contribution < 1.29 is 28.2 Å². The number of aromatic nitrogens is 1. The van der Waals surface area contributed by atoms with Gasteiger partial charge in [0.2, 0.25) is 5.88 Å². The molecular formula is C9H9F2NO4. The first-order valence-corrected chi connectivity index (χ1v) is 4.15. The summed E-state index contributed by atoms with van der Waals surface area (Å²) in [5, 5.41) is 8.78. The highest BCUT2D eigenvalue weighted by atomic mass is 19.3. The number of aromatic carboxylic acids is 1. The van der Waals surface area contributed by atoms with Crippen LogP contribution in [0.5, 0.6) is 11.6 Å².